The maximum atomic E-state index is 5.88. The Kier molecular flexibility index (Phi) is 1.95. The van der Waals surface area contributed by atoms with Crippen LogP contribution in [-0.2, 0) is 3.79 Å². The summed E-state index contributed by atoms with van der Waals surface area (Å²) >= 11 is 0.209. The zero-order chi connectivity index (χ0) is 7.97. The number of hydrogen-bond acceptors (Lipinski definition) is 2. The zero-order valence-electron chi connectivity index (χ0n) is 7.41. The van der Waals surface area contributed by atoms with Crippen LogP contribution in [0.4, 0.5) is 0 Å². The lowest BCUT2D eigenvalue weighted by Gasteiger charge is -2.42. The molecule has 3 rings (SSSR count). The van der Waals surface area contributed by atoms with Crippen molar-refractivity contribution in [2.75, 3.05) is 6.54 Å². The van der Waals surface area contributed by atoms with Crippen LogP contribution in [0.1, 0.15) is 32.1 Å². The second-order valence-electron chi connectivity index (χ2n) is 4.34. The zero-order valence-corrected chi connectivity index (χ0v) is 8.56. The van der Waals surface area contributed by atoms with E-state index in [1.165, 1.54) is 38.6 Å². The standard InChI is InChI=1S/C9H15NO.Al/c11-8-5-1-3-7-4-2-6-10-9(7)8;/h7-9H,1-6H2;/q-2;+2. The largest absolute Gasteiger partial charge is 0.560 e. The number of hydrogen-bond donors (Lipinski definition) is 0. The molecule has 2 heterocycles. The molecule has 3 heteroatoms. The van der Waals surface area contributed by atoms with Gasteiger partial charge >= 0.3 is 15.8 Å². The smallest absolute Gasteiger partial charge is 0.490 e. The molecule has 3 atom stereocenters. The van der Waals surface area contributed by atoms with Crippen LogP contribution in [0.3, 0.4) is 0 Å². The summed E-state index contributed by atoms with van der Waals surface area (Å²) in [5.41, 5.74) is 0. The molecule has 3 fully saturated rings. The van der Waals surface area contributed by atoms with Gasteiger partial charge in [0, 0.05) is 12.1 Å². The average molecular weight is 180 g/mol. The molecule has 0 aromatic rings. The molecule has 2 aliphatic heterocycles. The van der Waals surface area contributed by atoms with E-state index in [9.17, 15) is 0 Å². The highest BCUT2D eigenvalue weighted by Gasteiger charge is 2.44. The van der Waals surface area contributed by atoms with Crippen LogP contribution < -0.4 is 0 Å². The molecule has 1 saturated carbocycles. The Balaban J connectivity index is 1.84. The van der Waals surface area contributed by atoms with Crippen molar-refractivity contribution in [2.45, 2.75) is 44.2 Å². The Bertz CT molecular complexity index is 169. The highest BCUT2D eigenvalue weighted by Crippen LogP contribution is 2.39. The minimum atomic E-state index is 0.209. The first-order valence-electron chi connectivity index (χ1n) is 5.20. The molecule has 2 saturated heterocycles. The van der Waals surface area contributed by atoms with Crippen molar-refractivity contribution in [3.05, 3.63) is 0 Å². The third kappa shape index (κ3) is 1.08. The van der Waals surface area contributed by atoms with Gasteiger partial charge in [0.05, 0.1) is 0 Å². The summed E-state index contributed by atoms with van der Waals surface area (Å²) < 4.78 is 8.53. The van der Waals surface area contributed by atoms with Crippen molar-refractivity contribution in [3.63, 3.8) is 0 Å². The molecule has 3 aliphatic rings. The van der Waals surface area contributed by atoms with Crippen molar-refractivity contribution < 1.29 is 3.79 Å². The first kappa shape index (κ1) is 7.82. The fourth-order valence-corrected chi connectivity index (χ4v) is 4.61. The minimum Gasteiger partial charge on any atom is -0.490 e. The topological polar surface area (TPSA) is 12.5 Å². The summed E-state index contributed by atoms with van der Waals surface area (Å²) in [5.74, 6) is 0.993. The van der Waals surface area contributed by atoms with Gasteiger partial charge in [0.25, 0.3) is 0 Å². The molecule has 0 aromatic carbocycles. The quantitative estimate of drug-likeness (QED) is 0.519. The first-order valence-corrected chi connectivity index (χ1v) is 6.18. The second-order valence-corrected chi connectivity index (χ2v) is 5.49. The summed E-state index contributed by atoms with van der Waals surface area (Å²) in [6.07, 6.45) is 7.76. The normalized spacial score (nSPS) is 46.8. The van der Waals surface area contributed by atoms with Gasteiger partial charge in [0.15, 0.2) is 0 Å². The minimum absolute atomic E-state index is 0.209. The molecule has 0 amide bonds. The van der Waals surface area contributed by atoms with Crippen LogP contribution in [0.5, 0.6) is 0 Å². The van der Waals surface area contributed by atoms with Crippen LogP contribution in [0.25, 0.3) is 0 Å². The Morgan fingerprint density at radius 2 is 2.08 bits per heavy atom. The number of piperidine rings is 1. The third-order valence-electron chi connectivity index (χ3n) is 3.67. The van der Waals surface area contributed by atoms with Gasteiger partial charge in [-0.05, 0) is 38.1 Å². The molecule has 12 heavy (non-hydrogen) atoms. The predicted octanol–water partition coefficient (Wildman–Crippen LogP) is 1.18. The van der Waals surface area contributed by atoms with Gasteiger partial charge in [-0.25, -0.2) is 0 Å². The Hall–Kier alpha value is 0.452. The maximum absolute atomic E-state index is 5.88. The van der Waals surface area contributed by atoms with E-state index < -0.39 is 0 Å². The Labute approximate surface area is 80.5 Å². The maximum Gasteiger partial charge on any atom is 0.560 e. The molecule has 0 spiro atoms. The molecular weight excluding hydrogens is 165 g/mol. The first-order chi connectivity index (χ1) is 5.95. The van der Waals surface area contributed by atoms with E-state index in [1.807, 2.05) is 0 Å². The van der Waals surface area contributed by atoms with Crippen molar-refractivity contribution in [1.82, 2.24) is 3.88 Å². The highest BCUT2D eigenvalue weighted by molar-refractivity contribution is 6.24. The molecule has 65 valence electrons. The van der Waals surface area contributed by atoms with Crippen molar-refractivity contribution >= 4 is 15.8 Å². The van der Waals surface area contributed by atoms with Gasteiger partial charge in [0.2, 0.25) is 0 Å². The summed E-state index contributed by atoms with van der Waals surface area (Å²) in [6.45, 7) is 1.33. The lowest BCUT2D eigenvalue weighted by Crippen LogP contribution is -2.48. The van der Waals surface area contributed by atoms with Gasteiger partial charge in [-0.15, -0.1) is 0 Å². The van der Waals surface area contributed by atoms with Crippen LogP contribution >= 0.6 is 0 Å². The van der Waals surface area contributed by atoms with Gasteiger partial charge in [-0.3, -0.25) is 0 Å². The van der Waals surface area contributed by atoms with Crippen LogP contribution in [0.15, 0.2) is 0 Å². The van der Waals surface area contributed by atoms with E-state index in [4.69, 9.17) is 3.79 Å². The fourth-order valence-electron chi connectivity index (χ4n) is 3.14. The molecule has 3 unspecified atom stereocenters. The summed E-state index contributed by atoms with van der Waals surface area (Å²) in [6, 6.07) is 0.850. The fraction of sp³-hybridized carbons (Fsp3) is 1.00. The lowest BCUT2D eigenvalue weighted by molar-refractivity contribution is 0.0729. The Morgan fingerprint density at radius 3 is 3.08 bits per heavy atom. The molecule has 1 aliphatic carbocycles. The lowest BCUT2D eigenvalue weighted by atomic mass is 9.78. The Morgan fingerprint density at radius 1 is 1.17 bits per heavy atom. The van der Waals surface area contributed by atoms with E-state index in [2.05, 4.69) is 3.88 Å². The molecule has 0 N–H and O–H groups in total. The number of nitrogens with zero attached hydrogens (tertiary/aromatic N) is 1. The third-order valence-corrected chi connectivity index (χ3v) is 5.02. The van der Waals surface area contributed by atoms with Crippen molar-refractivity contribution in [1.29, 1.82) is 0 Å². The van der Waals surface area contributed by atoms with E-state index in [0.717, 1.165) is 12.0 Å². The van der Waals surface area contributed by atoms with Crippen molar-refractivity contribution in [3.8, 4) is 0 Å². The predicted molar refractivity (Wildman–Crippen MR) is 47.7 cm³/mol. The molecular formula is C9H15AlNO. The van der Waals surface area contributed by atoms with Gasteiger partial charge in [-0.1, -0.05) is 6.42 Å². The van der Waals surface area contributed by atoms with E-state index >= 15 is 0 Å². The molecule has 2 nitrogen and oxygen atoms in total. The summed E-state index contributed by atoms with van der Waals surface area (Å²) in [5, 5.41) is 0. The van der Waals surface area contributed by atoms with E-state index in [-0.39, 0.29) is 15.8 Å². The SMILES string of the molecule is C1CC2CCC[N]3[Al][O]C(C1)C23. The summed E-state index contributed by atoms with van der Waals surface area (Å²) in [7, 11) is 0. The monoisotopic (exact) mass is 180 g/mol. The van der Waals surface area contributed by atoms with Crippen LogP contribution in [0, 0.1) is 5.92 Å². The van der Waals surface area contributed by atoms with Crippen LogP contribution in [-0.4, -0.2) is 38.3 Å². The van der Waals surface area contributed by atoms with Gasteiger partial charge in [0.1, 0.15) is 0 Å². The molecule has 1 radical (unpaired) electrons. The molecule has 0 bridgehead atoms. The van der Waals surface area contributed by atoms with Gasteiger partial charge in [-0.2, -0.15) is 0 Å². The van der Waals surface area contributed by atoms with Crippen LogP contribution in [0.2, 0.25) is 0 Å². The van der Waals surface area contributed by atoms with E-state index in [0.29, 0.717) is 6.10 Å². The summed E-state index contributed by atoms with van der Waals surface area (Å²) in [4.78, 5) is 0. The van der Waals surface area contributed by atoms with Crippen molar-refractivity contribution in [2.24, 2.45) is 5.92 Å². The molecule has 0 aromatic heterocycles. The highest BCUT2D eigenvalue weighted by atomic mass is 27.1. The second kappa shape index (κ2) is 2.99. The van der Waals surface area contributed by atoms with Gasteiger partial charge < -0.3 is 7.67 Å². The van der Waals surface area contributed by atoms with E-state index in [1.54, 1.807) is 0 Å². The number of rotatable bonds is 0. The average Bonchev–Trinajstić information content (AvgIpc) is 2.52.